The van der Waals surface area contributed by atoms with Crippen LogP contribution in [0.1, 0.15) is 18.5 Å². The van der Waals surface area contributed by atoms with Crippen LogP contribution in [0.3, 0.4) is 0 Å². The molecule has 3 N–H and O–H groups in total. The zero-order chi connectivity index (χ0) is 11.4. The molecule has 0 aliphatic carbocycles. The van der Waals surface area contributed by atoms with Gasteiger partial charge in [0.2, 0.25) is 0 Å². The van der Waals surface area contributed by atoms with Crippen molar-refractivity contribution in [2.75, 3.05) is 11.1 Å². The number of aromatic nitrogens is 2. The van der Waals surface area contributed by atoms with Crippen molar-refractivity contribution in [3.05, 3.63) is 48.3 Å². The van der Waals surface area contributed by atoms with E-state index in [-0.39, 0.29) is 6.04 Å². The van der Waals surface area contributed by atoms with Gasteiger partial charge in [0.25, 0.3) is 0 Å². The van der Waals surface area contributed by atoms with Crippen molar-refractivity contribution in [2.45, 2.75) is 13.0 Å². The number of nitrogens with two attached hydrogens (primary N) is 1. The third kappa shape index (κ3) is 2.28. The lowest BCUT2D eigenvalue weighted by Crippen LogP contribution is -2.10. The second kappa shape index (κ2) is 4.61. The Bertz CT molecular complexity index is 456. The van der Waals surface area contributed by atoms with Crippen molar-refractivity contribution in [1.29, 1.82) is 0 Å². The summed E-state index contributed by atoms with van der Waals surface area (Å²) in [5.41, 5.74) is 6.90. The number of nitrogens with one attached hydrogen (secondary N) is 1. The van der Waals surface area contributed by atoms with Crippen LogP contribution in [0.25, 0.3) is 0 Å². The third-order valence-electron chi connectivity index (χ3n) is 2.38. The highest BCUT2D eigenvalue weighted by atomic mass is 15.1. The van der Waals surface area contributed by atoms with Gasteiger partial charge in [-0.1, -0.05) is 30.3 Å². The van der Waals surface area contributed by atoms with Crippen LogP contribution in [0.2, 0.25) is 0 Å². The minimum atomic E-state index is 0.153. The van der Waals surface area contributed by atoms with E-state index in [4.69, 9.17) is 5.73 Å². The summed E-state index contributed by atoms with van der Waals surface area (Å²) in [6.07, 6.45) is 3.20. The molecule has 0 saturated heterocycles. The summed E-state index contributed by atoms with van der Waals surface area (Å²) >= 11 is 0. The normalized spacial score (nSPS) is 12.1. The summed E-state index contributed by atoms with van der Waals surface area (Å²) in [4.78, 5) is 8.12. The molecule has 0 spiro atoms. The molecular weight excluding hydrogens is 200 g/mol. The molecule has 82 valence electrons. The second-order valence-electron chi connectivity index (χ2n) is 3.57. The van der Waals surface area contributed by atoms with Crippen LogP contribution in [-0.2, 0) is 0 Å². The number of rotatable bonds is 3. The molecule has 16 heavy (non-hydrogen) atoms. The van der Waals surface area contributed by atoms with E-state index < -0.39 is 0 Å². The first-order valence-electron chi connectivity index (χ1n) is 5.15. The predicted molar refractivity (Wildman–Crippen MR) is 64.9 cm³/mol. The van der Waals surface area contributed by atoms with Gasteiger partial charge >= 0.3 is 0 Å². The van der Waals surface area contributed by atoms with Crippen molar-refractivity contribution in [1.82, 2.24) is 9.97 Å². The average molecular weight is 214 g/mol. The lowest BCUT2D eigenvalue weighted by atomic mass is 10.1. The lowest BCUT2D eigenvalue weighted by molar-refractivity contribution is 0.873. The van der Waals surface area contributed by atoms with Crippen LogP contribution < -0.4 is 11.1 Å². The Labute approximate surface area is 94.5 Å². The first-order chi connectivity index (χ1) is 7.77. The van der Waals surface area contributed by atoms with Crippen LogP contribution >= 0.6 is 0 Å². The van der Waals surface area contributed by atoms with Gasteiger partial charge in [-0.2, -0.15) is 0 Å². The number of hydrogen-bond donors (Lipinski definition) is 2. The van der Waals surface area contributed by atoms with E-state index in [0.717, 1.165) is 0 Å². The van der Waals surface area contributed by atoms with E-state index in [9.17, 15) is 0 Å². The van der Waals surface area contributed by atoms with Crippen LogP contribution in [-0.4, -0.2) is 9.97 Å². The lowest BCUT2D eigenvalue weighted by Gasteiger charge is -2.15. The quantitative estimate of drug-likeness (QED) is 0.822. The van der Waals surface area contributed by atoms with E-state index in [1.165, 1.54) is 5.56 Å². The molecule has 0 amide bonds. The average Bonchev–Trinajstić information content (AvgIpc) is 2.33. The zero-order valence-electron chi connectivity index (χ0n) is 9.09. The number of nitrogen functional groups attached to an aromatic ring is 1. The second-order valence-corrected chi connectivity index (χ2v) is 3.57. The van der Waals surface area contributed by atoms with Gasteiger partial charge in [-0.25, -0.2) is 9.97 Å². The van der Waals surface area contributed by atoms with E-state index in [2.05, 4.69) is 34.3 Å². The zero-order valence-corrected chi connectivity index (χ0v) is 9.09. The number of benzene rings is 1. The molecule has 1 heterocycles. The number of anilines is 2. The summed E-state index contributed by atoms with van der Waals surface area (Å²) in [5.74, 6) is 1.05. The van der Waals surface area contributed by atoms with Gasteiger partial charge in [0.05, 0.1) is 6.04 Å². The number of nitrogens with zero attached hydrogens (tertiary/aromatic N) is 2. The summed E-state index contributed by atoms with van der Waals surface area (Å²) in [7, 11) is 0. The van der Waals surface area contributed by atoms with Gasteiger partial charge < -0.3 is 11.1 Å². The molecule has 1 atom stereocenters. The third-order valence-corrected chi connectivity index (χ3v) is 2.38. The van der Waals surface area contributed by atoms with Gasteiger partial charge in [-0.15, -0.1) is 0 Å². The maximum Gasteiger partial charge on any atom is 0.169 e. The van der Waals surface area contributed by atoms with Gasteiger partial charge in [-0.3, -0.25) is 0 Å². The number of hydrogen-bond acceptors (Lipinski definition) is 4. The van der Waals surface area contributed by atoms with Crippen molar-refractivity contribution in [2.24, 2.45) is 0 Å². The Morgan fingerprint density at radius 1 is 1.12 bits per heavy atom. The summed E-state index contributed by atoms with van der Waals surface area (Å²) in [5, 5.41) is 3.23. The molecular formula is C12H14N4. The molecule has 2 rings (SSSR count). The van der Waals surface area contributed by atoms with Crippen LogP contribution in [0, 0.1) is 0 Å². The molecule has 4 nitrogen and oxygen atoms in total. The largest absolute Gasteiger partial charge is 0.381 e. The first-order valence-corrected chi connectivity index (χ1v) is 5.15. The fourth-order valence-corrected chi connectivity index (χ4v) is 1.49. The molecule has 1 aromatic carbocycles. The molecule has 0 radical (unpaired) electrons. The predicted octanol–water partition coefficient (Wildman–Crippen LogP) is 2.23. The topological polar surface area (TPSA) is 63.8 Å². The molecule has 0 aliphatic heterocycles. The van der Waals surface area contributed by atoms with Crippen molar-refractivity contribution in [3.8, 4) is 0 Å². The Morgan fingerprint density at radius 3 is 2.50 bits per heavy atom. The molecule has 1 aromatic heterocycles. The summed E-state index contributed by atoms with van der Waals surface area (Å²) in [6, 6.07) is 10.3. The Morgan fingerprint density at radius 2 is 1.81 bits per heavy atom. The monoisotopic (exact) mass is 214 g/mol. The van der Waals surface area contributed by atoms with Gasteiger partial charge in [0.15, 0.2) is 11.6 Å². The van der Waals surface area contributed by atoms with E-state index >= 15 is 0 Å². The highest BCUT2D eigenvalue weighted by molar-refractivity contribution is 5.56. The highest BCUT2D eigenvalue weighted by Gasteiger charge is 2.07. The maximum absolute atomic E-state index is 5.71. The van der Waals surface area contributed by atoms with E-state index in [1.54, 1.807) is 12.4 Å². The van der Waals surface area contributed by atoms with Gasteiger partial charge in [0.1, 0.15) is 0 Å². The standard InChI is InChI=1S/C12H14N4/c1-9(10-5-3-2-4-6-10)16-12-11(13)14-7-8-15-12/h2-9H,1H3,(H2,13,14)(H,15,16)/t9-/m0/s1. The smallest absolute Gasteiger partial charge is 0.169 e. The SMILES string of the molecule is C[C@H](Nc1nccnc1N)c1ccccc1. The van der Waals surface area contributed by atoms with Crippen LogP contribution in [0.5, 0.6) is 0 Å². The first kappa shape index (κ1) is 10.4. The summed E-state index contributed by atoms with van der Waals surface area (Å²) in [6.45, 7) is 2.06. The van der Waals surface area contributed by atoms with Crippen molar-refractivity contribution < 1.29 is 0 Å². The minimum absolute atomic E-state index is 0.153. The molecule has 2 aromatic rings. The fourth-order valence-electron chi connectivity index (χ4n) is 1.49. The van der Waals surface area contributed by atoms with Gasteiger partial charge in [0, 0.05) is 12.4 Å². The highest BCUT2D eigenvalue weighted by Crippen LogP contribution is 2.19. The molecule has 0 bridgehead atoms. The van der Waals surface area contributed by atoms with E-state index in [0.29, 0.717) is 11.6 Å². The van der Waals surface area contributed by atoms with E-state index in [1.807, 2.05) is 18.2 Å². The maximum atomic E-state index is 5.71. The van der Waals surface area contributed by atoms with Crippen LogP contribution in [0.4, 0.5) is 11.6 Å². The molecule has 4 heteroatoms. The van der Waals surface area contributed by atoms with Gasteiger partial charge in [-0.05, 0) is 12.5 Å². The Kier molecular flexibility index (Phi) is 3.00. The molecule has 0 fully saturated rings. The van der Waals surface area contributed by atoms with Crippen LogP contribution in [0.15, 0.2) is 42.7 Å². The van der Waals surface area contributed by atoms with Crippen molar-refractivity contribution >= 4 is 11.6 Å². The fraction of sp³-hybridized carbons (Fsp3) is 0.167. The molecule has 0 saturated carbocycles. The summed E-state index contributed by atoms with van der Waals surface area (Å²) < 4.78 is 0. The minimum Gasteiger partial charge on any atom is -0.381 e. The van der Waals surface area contributed by atoms with Crippen molar-refractivity contribution in [3.63, 3.8) is 0 Å². The Balaban J connectivity index is 2.14. The molecule has 0 aliphatic rings. The molecule has 0 unspecified atom stereocenters. The Hall–Kier alpha value is -2.10.